The van der Waals surface area contributed by atoms with Crippen molar-refractivity contribution in [1.82, 2.24) is 4.90 Å². The fraction of sp³-hybridized carbons (Fsp3) is 0.933. The van der Waals surface area contributed by atoms with Crippen molar-refractivity contribution in [2.75, 3.05) is 13.1 Å². The van der Waals surface area contributed by atoms with E-state index in [4.69, 9.17) is 0 Å². The maximum atomic E-state index is 12.0. The fourth-order valence-corrected chi connectivity index (χ4v) is 2.68. The van der Waals surface area contributed by atoms with Crippen LogP contribution in [0.15, 0.2) is 0 Å². The van der Waals surface area contributed by atoms with Gasteiger partial charge >= 0.3 is 0 Å². The van der Waals surface area contributed by atoms with Crippen molar-refractivity contribution in [2.24, 2.45) is 11.8 Å². The van der Waals surface area contributed by atoms with Gasteiger partial charge in [0.25, 0.3) is 0 Å². The third kappa shape index (κ3) is 4.97. The molecular weight excluding hydrogens is 226 g/mol. The van der Waals surface area contributed by atoms with Gasteiger partial charge in [-0.05, 0) is 43.9 Å². The van der Waals surface area contributed by atoms with E-state index in [1.165, 1.54) is 0 Å². The quantitative estimate of drug-likeness (QED) is 0.793. The predicted molar refractivity (Wildman–Crippen MR) is 74.3 cm³/mol. The van der Waals surface area contributed by atoms with Crippen LogP contribution in [0.4, 0.5) is 0 Å². The van der Waals surface area contributed by atoms with Crippen LogP contribution in [-0.2, 0) is 4.79 Å². The van der Waals surface area contributed by atoms with Gasteiger partial charge in [0.05, 0.1) is 6.10 Å². The Balaban J connectivity index is 2.34. The van der Waals surface area contributed by atoms with Crippen molar-refractivity contribution in [3.8, 4) is 0 Å². The van der Waals surface area contributed by atoms with Gasteiger partial charge in [-0.15, -0.1) is 0 Å². The summed E-state index contributed by atoms with van der Waals surface area (Å²) in [5.41, 5.74) is 0. The van der Waals surface area contributed by atoms with Crippen LogP contribution in [0.2, 0.25) is 0 Å². The van der Waals surface area contributed by atoms with Gasteiger partial charge in [0.2, 0.25) is 5.91 Å². The Morgan fingerprint density at radius 1 is 1.39 bits per heavy atom. The van der Waals surface area contributed by atoms with Crippen molar-refractivity contribution in [3.05, 3.63) is 0 Å². The molecule has 1 aliphatic heterocycles. The second-order valence-corrected chi connectivity index (χ2v) is 5.92. The highest BCUT2D eigenvalue weighted by molar-refractivity contribution is 5.76. The zero-order valence-corrected chi connectivity index (χ0v) is 12.2. The van der Waals surface area contributed by atoms with E-state index in [2.05, 4.69) is 13.8 Å². The zero-order chi connectivity index (χ0) is 13.5. The topological polar surface area (TPSA) is 40.5 Å². The number of nitrogens with zero attached hydrogens (tertiary/aromatic N) is 1. The summed E-state index contributed by atoms with van der Waals surface area (Å²) in [7, 11) is 0. The molecule has 106 valence electrons. The van der Waals surface area contributed by atoms with E-state index in [0.29, 0.717) is 24.2 Å². The number of hydrogen-bond acceptors (Lipinski definition) is 2. The lowest BCUT2D eigenvalue weighted by Crippen LogP contribution is -2.31. The summed E-state index contributed by atoms with van der Waals surface area (Å²) in [5, 5.41) is 9.52. The van der Waals surface area contributed by atoms with Crippen molar-refractivity contribution in [1.29, 1.82) is 0 Å². The molecule has 1 fully saturated rings. The molecule has 0 bridgehead atoms. The Morgan fingerprint density at radius 3 is 2.72 bits per heavy atom. The minimum atomic E-state index is -0.199. The first-order chi connectivity index (χ1) is 8.54. The minimum absolute atomic E-state index is 0.199. The third-order valence-electron chi connectivity index (χ3n) is 4.23. The van der Waals surface area contributed by atoms with E-state index in [1.807, 2.05) is 11.8 Å². The molecule has 0 spiro atoms. The van der Waals surface area contributed by atoms with Gasteiger partial charge in [-0.3, -0.25) is 4.79 Å². The summed E-state index contributed by atoms with van der Waals surface area (Å²) >= 11 is 0. The van der Waals surface area contributed by atoms with Crippen LogP contribution in [0.25, 0.3) is 0 Å². The van der Waals surface area contributed by atoms with Gasteiger partial charge < -0.3 is 10.0 Å². The number of amides is 1. The first-order valence-corrected chi connectivity index (χ1v) is 7.50. The molecule has 18 heavy (non-hydrogen) atoms. The second kappa shape index (κ2) is 7.78. The van der Waals surface area contributed by atoms with Gasteiger partial charge in [0, 0.05) is 19.5 Å². The standard InChI is InChI=1S/C15H29NO2/c1-4-14(17)6-5-10-16-11-9-13(12(2)3)7-8-15(16)18/h12-14,17H,4-11H2,1-3H3. The summed E-state index contributed by atoms with van der Waals surface area (Å²) < 4.78 is 0. The monoisotopic (exact) mass is 255 g/mol. The summed E-state index contributed by atoms with van der Waals surface area (Å²) in [5.74, 6) is 1.68. The minimum Gasteiger partial charge on any atom is -0.393 e. The molecule has 3 heteroatoms. The van der Waals surface area contributed by atoms with Crippen molar-refractivity contribution < 1.29 is 9.90 Å². The maximum absolute atomic E-state index is 12.0. The van der Waals surface area contributed by atoms with Crippen LogP contribution in [0, 0.1) is 11.8 Å². The smallest absolute Gasteiger partial charge is 0.222 e. The summed E-state index contributed by atoms with van der Waals surface area (Å²) in [4.78, 5) is 14.0. The van der Waals surface area contributed by atoms with Crippen LogP contribution in [-0.4, -0.2) is 35.1 Å². The Labute approximate surface area is 112 Å². The molecule has 1 N–H and O–H groups in total. The Morgan fingerprint density at radius 2 is 2.11 bits per heavy atom. The average Bonchev–Trinajstić information content (AvgIpc) is 2.52. The SMILES string of the molecule is CCC(O)CCCN1CCC(C(C)C)CCC1=O. The number of carbonyl (C=O) groups is 1. The number of carbonyl (C=O) groups excluding carboxylic acids is 1. The molecule has 1 saturated heterocycles. The van der Waals surface area contributed by atoms with E-state index >= 15 is 0 Å². The van der Waals surface area contributed by atoms with E-state index in [-0.39, 0.29) is 6.10 Å². The first-order valence-electron chi connectivity index (χ1n) is 7.50. The molecule has 0 aromatic carbocycles. The second-order valence-electron chi connectivity index (χ2n) is 5.92. The van der Waals surface area contributed by atoms with E-state index in [1.54, 1.807) is 0 Å². The lowest BCUT2D eigenvalue weighted by Gasteiger charge is -2.22. The average molecular weight is 255 g/mol. The Bertz CT molecular complexity index is 253. The Kier molecular flexibility index (Phi) is 6.69. The van der Waals surface area contributed by atoms with Crippen molar-refractivity contribution >= 4 is 5.91 Å². The van der Waals surface area contributed by atoms with E-state index < -0.39 is 0 Å². The lowest BCUT2D eigenvalue weighted by molar-refractivity contribution is -0.130. The molecule has 2 unspecified atom stereocenters. The van der Waals surface area contributed by atoms with Gasteiger partial charge in [-0.25, -0.2) is 0 Å². The first kappa shape index (κ1) is 15.5. The van der Waals surface area contributed by atoms with Crippen LogP contribution in [0.5, 0.6) is 0 Å². The van der Waals surface area contributed by atoms with Crippen LogP contribution < -0.4 is 0 Å². The van der Waals surface area contributed by atoms with Gasteiger partial charge in [-0.2, -0.15) is 0 Å². The number of rotatable bonds is 6. The normalized spacial score (nSPS) is 23.3. The molecule has 0 aromatic rings. The largest absolute Gasteiger partial charge is 0.393 e. The van der Waals surface area contributed by atoms with E-state index in [9.17, 15) is 9.90 Å². The van der Waals surface area contributed by atoms with Crippen LogP contribution >= 0.6 is 0 Å². The summed E-state index contributed by atoms with van der Waals surface area (Å²) in [6.07, 6.45) is 5.24. The lowest BCUT2D eigenvalue weighted by atomic mass is 9.89. The van der Waals surface area contributed by atoms with Gasteiger partial charge in [0.1, 0.15) is 0 Å². The highest BCUT2D eigenvalue weighted by Crippen LogP contribution is 2.25. The zero-order valence-electron chi connectivity index (χ0n) is 12.2. The molecule has 1 rings (SSSR count). The highest BCUT2D eigenvalue weighted by atomic mass is 16.3. The van der Waals surface area contributed by atoms with E-state index in [0.717, 1.165) is 45.2 Å². The molecule has 2 atom stereocenters. The summed E-state index contributed by atoms with van der Waals surface area (Å²) in [6, 6.07) is 0. The third-order valence-corrected chi connectivity index (χ3v) is 4.23. The molecule has 0 radical (unpaired) electrons. The molecule has 1 aliphatic rings. The molecule has 1 amide bonds. The molecule has 0 aliphatic carbocycles. The molecular formula is C15H29NO2. The van der Waals surface area contributed by atoms with Gasteiger partial charge in [0.15, 0.2) is 0 Å². The molecule has 1 heterocycles. The number of likely N-dealkylation sites (tertiary alicyclic amines) is 1. The highest BCUT2D eigenvalue weighted by Gasteiger charge is 2.23. The van der Waals surface area contributed by atoms with Crippen molar-refractivity contribution in [2.45, 2.75) is 65.4 Å². The van der Waals surface area contributed by atoms with Crippen LogP contribution in [0.3, 0.4) is 0 Å². The number of hydrogen-bond donors (Lipinski definition) is 1. The maximum Gasteiger partial charge on any atom is 0.222 e. The number of aliphatic hydroxyl groups excluding tert-OH is 1. The Hall–Kier alpha value is -0.570. The van der Waals surface area contributed by atoms with Gasteiger partial charge in [-0.1, -0.05) is 20.8 Å². The molecule has 0 aromatic heterocycles. The number of aliphatic hydroxyl groups is 1. The van der Waals surface area contributed by atoms with Crippen molar-refractivity contribution in [3.63, 3.8) is 0 Å². The summed E-state index contributed by atoms with van der Waals surface area (Å²) in [6.45, 7) is 8.23. The molecule has 0 saturated carbocycles. The fourth-order valence-electron chi connectivity index (χ4n) is 2.68. The predicted octanol–water partition coefficient (Wildman–Crippen LogP) is 2.82. The van der Waals surface area contributed by atoms with Crippen LogP contribution in [0.1, 0.15) is 59.3 Å². The molecule has 3 nitrogen and oxygen atoms in total.